The normalized spacial score (nSPS) is 40.9. The fourth-order valence-corrected chi connectivity index (χ4v) is 3.79. The molecule has 0 unspecified atom stereocenters. The summed E-state index contributed by atoms with van der Waals surface area (Å²) in [5.74, 6) is 0.897. The number of likely N-dealkylation sites (N-methyl/N-ethyl adjacent to an activating group) is 1. The van der Waals surface area contributed by atoms with Crippen LogP contribution in [0.15, 0.2) is 0 Å². The van der Waals surface area contributed by atoms with Crippen molar-refractivity contribution < 1.29 is 9.64 Å². The first kappa shape index (κ1) is 12.4. The van der Waals surface area contributed by atoms with Gasteiger partial charge < -0.3 is 9.64 Å². The molecule has 0 saturated heterocycles. The topological polar surface area (TPSA) is 13.7 Å². The van der Waals surface area contributed by atoms with Crippen molar-refractivity contribution in [2.24, 2.45) is 16.7 Å². The van der Waals surface area contributed by atoms with Gasteiger partial charge in [0, 0.05) is 0 Å². The molecule has 1 N–H and O–H groups in total. The molecule has 0 aromatic heterocycles. The average Bonchev–Trinajstić information content (AvgIpc) is 2.49. The van der Waals surface area contributed by atoms with Crippen LogP contribution >= 0.6 is 0 Å². The lowest BCUT2D eigenvalue weighted by molar-refractivity contribution is -0.858. The van der Waals surface area contributed by atoms with E-state index in [2.05, 4.69) is 34.9 Å². The number of quaternary nitrogens is 1. The molecule has 2 rings (SSSR count). The Morgan fingerprint density at radius 1 is 1.25 bits per heavy atom. The van der Waals surface area contributed by atoms with E-state index in [4.69, 9.17) is 4.74 Å². The minimum atomic E-state index is 0.430. The molecular weight excluding hydrogens is 198 g/mol. The highest BCUT2D eigenvalue weighted by Gasteiger charge is 2.61. The first-order chi connectivity index (χ1) is 7.38. The average molecular weight is 226 g/mol. The minimum Gasteiger partial charge on any atom is -0.372 e. The smallest absolute Gasteiger partial charge is 0.100 e. The molecule has 2 heteroatoms. The number of fused-ring (bicyclic) bond motifs is 2. The van der Waals surface area contributed by atoms with E-state index in [1.165, 1.54) is 24.2 Å². The van der Waals surface area contributed by atoms with E-state index in [9.17, 15) is 0 Å². The molecule has 2 aliphatic carbocycles. The number of nitrogens with one attached hydrogen (secondary N) is 1. The highest BCUT2D eigenvalue weighted by Crippen LogP contribution is 2.66. The zero-order valence-corrected chi connectivity index (χ0v) is 11.6. The van der Waals surface area contributed by atoms with Gasteiger partial charge in [0.2, 0.25) is 0 Å². The van der Waals surface area contributed by atoms with Gasteiger partial charge >= 0.3 is 0 Å². The van der Waals surface area contributed by atoms with Crippen LogP contribution in [-0.2, 0) is 4.74 Å². The predicted molar refractivity (Wildman–Crippen MR) is 66.6 cm³/mol. The number of hydrogen-bond donors (Lipinski definition) is 1. The van der Waals surface area contributed by atoms with Crippen LogP contribution in [0.1, 0.15) is 40.0 Å². The van der Waals surface area contributed by atoms with E-state index in [1.54, 1.807) is 0 Å². The zero-order chi connectivity index (χ0) is 12.0. The molecule has 2 fully saturated rings. The Morgan fingerprint density at radius 3 is 2.38 bits per heavy atom. The van der Waals surface area contributed by atoms with Gasteiger partial charge in [-0.25, -0.2) is 0 Å². The molecule has 2 aliphatic rings. The maximum atomic E-state index is 6.17. The monoisotopic (exact) mass is 226 g/mol. The summed E-state index contributed by atoms with van der Waals surface area (Å²) in [7, 11) is 4.38. The van der Waals surface area contributed by atoms with E-state index in [-0.39, 0.29) is 0 Å². The summed E-state index contributed by atoms with van der Waals surface area (Å²) >= 11 is 0. The maximum absolute atomic E-state index is 6.17. The standard InChI is InChI=1S/C14H27NO/c1-13(2)11-6-7-14(13,3)12(10-11)16-9-8-15(4)5/h11-12H,6-10H2,1-5H3/p+1/t11-,12+,14-/m1/s1. The van der Waals surface area contributed by atoms with Gasteiger partial charge in [-0.3, -0.25) is 0 Å². The van der Waals surface area contributed by atoms with Gasteiger partial charge in [-0.15, -0.1) is 0 Å². The van der Waals surface area contributed by atoms with E-state index < -0.39 is 0 Å². The minimum absolute atomic E-state index is 0.430. The molecule has 0 spiro atoms. The summed E-state index contributed by atoms with van der Waals surface area (Å²) < 4.78 is 6.17. The fraction of sp³-hybridized carbons (Fsp3) is 1.00. The quantitative estimate of drug-likeness (QED) is 0.764. The van der Waals surface area contributed by atoms with Gasteiger partial charge in [0.15, 0.2) is 0 Å². The van der Waals surface area contributed by atoms with E-state index in [1.807, 2.05) is 0 Å². The molecule has 2 nitrogen and oxygen atoms in total. The Kier molecular flexibility index (Phi) is 3.09. The van der Waals surface area contributed by atoms with Crippen molar-refractivity contribution in [3.05, 3.63) is 0 Å². The van der Waals surface area contributed by atoms with Crippen molar-refractivity contribution in [1.29, 1.82) is 0 Å². The van der Waals surface area contributed by atoms with Gasteiger partial charge in [-0.1, -0.05) is 20.8 Å². The summed E-state index contributed by atoms with van der Waals surface area (Å²) in [6, 6.07) is 0. The number of rotatable bonds is 4. The van der Waals surface area contributed by atoms with Crippen LogP contribution in [0.5, 0.6) is 0 Å². The summed E-state index contributed by atoms with van der Waals surface area (Å²) in [5.41, 5.74) is 0.919. The van der Waals surface area contributed by atoms with Crippen molar-refractivity contribution in [2.45, 2.75) is 46.1 Å². The molecule has 0 amide bonds. The van der Waals surface area contributed by atoms with Gasteiger partial charge in [0.1, 0.15) is 6.54 Å². The maximum Gasteiger partial charge on any atom is 0.100 e. The lowest BCUT2D eigenvalue weighted by Crippen LogP contribution is -3.06. The van der Waals surface area contributed by atoms with Crippen LogP contribution in [0.3, 0.4) is 0 Å². The fourth-order valence-electron chi connectivity index (χ4n) is 3.79. The third kappa shape index (κ3) is 1.70. The molecule has 3 atom stereocenters. The van der Waals surface area contributed by atoms with Crippen LogP contribution in [0.4, 0.5) is 0 Å². The van der Waals surface area contributed by atoms with Gasteiger partial charge in [-0.2, -0.15) is 0 Å². The van der Waals surface area contributed by atoms with Crippen molar-refractivity contribution in [1.82, 2.24) is 0 Å². The Bertz CT molecular complexity index is 261. The molecule has 0 heterocycles. The highest BCUT2D eigenvalue weighted by molar-refractivity contribution is 5.11. The summed E-state index contributed by atoms with van der Waals surface area (Å²) in [6.45, 7) is 9.40. The first-order valence-electron chi connectivity index (χ1n) is 6.78. The molecule has 16 heavy (non-hydrogen) atoms. The molecule has 2 bridgehead atoms. The van der Waals surface area contributed by atoms with Gasteiger partial charge in [0.25, 0.3) is 0 Å². The van der Waals surface area contributed by atoms with Crippen molar-refractivity contribution in [3.63, 3.8) is 0 Å². The Labute approximate surface area is 100 Å². The van der Waals surface area contributed by atoms with Crippen LogP contribution in [0.2, 0.25) is 0 Å². The Morgan fingerprint density at radius 2 is 1.94 bits per heavy atom. The molecule has 2 saturated carbocycles. The van der Waals surface area contributed by atoms with Crippen molar-refractivity contribution >= 4 is 0 Å². The number of ether oxygens (including phenoxy) is 1. The van der Waals surface area contributed by atoms with Crippen LogP contribution in [-0.4, -0.2) is 33.4 Å². The summed E-state index contributed by atoms with van der Waals surface area (Å²) in [4.78, 5) is 1.48. The van der Waals surface area contributed by atoms with Gasteiger partial charge in [0.05, 0.1) is 26.8 Å². The highest BCUT2D eigenvalue weighted by atomic mass is 16.5. The molecule has 0 aliphatic heterocycles. The Hall–Kier alpha value is -0.0800. The molecule has 0 aromatic carbocycles. The second-order valence-electron chi connectivity index (χ2n) is 6.93. The van der Waals surface area contributed by atoms with Crippen LogP contribution < -0.4 is 4.90 Å². The third-order valence-corrected chi connectivity index (χ3v) is 5.64. The third-order valence-electron chi connectivity index (χ3n) is 5.64. The van der Waals surface area contributed by atoms with E-state index in [0.29, 0.717) is 16.9 Å². The van der Waals surface area contributed by atoms with Crippen LogP contribution in [0.25, 0.3) is 0 Å². The zero-order valence-electron chi connectivity index (χ0n) is 11.6. The second-order valence-corrected chi connectivity index (χ2v) is 6.93. The first-order valence-corrected chi connectivity index (χ1v) is 6.78. The van der Waals surface area contributed by atoms with Crippen molar-refractivity contribution in [3.8, 4) is 0 Å². The Balaban J connectivity index is 1.94. The lowest BCUT2D eigenvalue weighted by Gasteiger charge is -2.38. The van der Waals surface area contributed by atoms with Gasteiger partial charge in [-0.05, 0) is 36.0 Å². The number of hydrogen-bond acceptors (Lipinski definition) is 1. The van der Waals surface area contributed by atoms with Crippen LogP contribution in [0, 0.1) is 16.7 Å². The molecule has 94 valence electrons. The molecule has 0 radical (unpaired) electrons. The lowest BCUT2D eigenvalue weighted by atomic mass is 9.70. The van der Waals surface area contributed by atoms with E-state index >= 15 is 0 Å². The van der Waals surface area contributed by atoms with E-state index in [0.717, 1.165) is 19.1 Å². The summed E-state index contributed by atoms with van der Waals surface area (Å²) in [6.07, 6.45) is 4.60. The van der Waals surface area contributed by atoms with Crippen molar-refractivity contribution in [2.75, 3.05) is 27.2 Å². The summed E-state index contributed by atoms with van der Waals surface area (Å²) in [5, 5.41) is 0. The molecular formula is C14H28NO+. The largest absolute Gasteiger partial charge is 0.372 e. The predicted octanol–water partition coefficient (Wildman–Crippen LogP) is 1.36. The molecule has 0 aromatic rings. The SMILES string of the molecule is C[NH+](C)CCO[C@H]1C[C@H]2CC[C@@]1(C)C2(C)C. The second kappa shape index (κ2) is 3.99.